The van der Waals surface area contributed by atoms with Gasteiger partial charge in [0.15, 0.2) is 5.96 Å². The molecule has 1 aromatic rings. The van der Waals surface area contributed by atoms with Crippen molar-refractivity contribution >= 4 is 53.4 Å². The Labute approximate surface area is 182 Å². The van der Waals surface area contributed by atoms with Gasteiger partial charge in [-0.3, -0.25) is 14.6 Å². The molecular formula is C18H27ClIN5O2. The van der Waals surface area contributed by atoms with Gasteiger partial charge in [-0.1, -0.05) is 23.7 Å². The average Bonchev–Trinajstić information content (AvgIpc) is 2.62. The van der Waals surface area contributed by atoms with Crippen molar-refractivity contribution in [1.82, 2.24) is 20.0 Å². The summed E-state index contributed by atoms with van der Waals surface area (Å²) in [4.78, 5) is 33.9. The van der Waals surface area contributed by atoms with Crippen LogP contribution in [0.4, 0.5) is 0 Å². The first-order valence-electron chi connectivity index (χ1n) is 8.58. The zero-order chi connectivity index (χ0) is 19.1. The largest absolute Gasteiger partial charge is 0.347 e. The van der Waals surface area contributed by atoms with E-state index in [-0.39, 0.29) is 42.3 Å². The highest BCUT2D eigenvalue weighted by atomic mass is 127. The number of piperazine rings is 1. The molecule has 1 heterocycles. The number of rotatable bonds is 4. The fourth-order valence-corrected chi connectivity index (χ4v) is 2.96. The number of nitrogens with one attached hydrogen (secondary N) is 1. The Morgan fingerprint density at radius 2 is 1.81 bits per heavy atom. The second-order valence-corrected chi connectivity index (χ2v) is 6.80. The molecule has 0 aromatic heterocycles. The van der Waals surface area contributed by atoms with Crippen molar-refractivity contribution in [1.29, 1.82) is 0 Å². The number of carbonyl (C=O) groups is 2. The highest BCUT2D eigenvalue weighted by Gasteiger charge is 2.23. The smallest absolute Gasteiger partial charge is 0.241 e. The number of amides is 2. The SMILES string of the molecule is CN=C(NCC(=O)N(C)C)N1CCN(C(=O)Cc2cccc(Cl)c2)CC1.I. The minimum atomic E-state index is -0.0125. The van der Waals surface area contributed by atoms with Gasteiger partial charge in [-0.15, -0.1) is 24.0 Å². The molecule has 0 saturated carbocycles. The first kappa shape index (κ1) is 23.5. The maximum absolute atomic E-state index is 12.5. The molecule has 1 N–H and O–H groups in total. The summed E-state index contributed by atoms with van der Waals surface area (Å²) in [5.41, 5.74) is 0.921. The molecule has 2 amide bonds. The van der Waals surface area contributed by atoms with Crippen molar-refractivity contribution in [3.8, 4) is 0 Å². The van der Waals surface area contributed by atoms with E-state index in [2.05, 4.69) is 15.2 Å². The van der Waals surface area contributed by atoms with Crippen molar-refractivity contribution in [2.75, 3.05) is 53.9 Å². The quantitative estimate of drug-likeness (QED) is 0.379. The second-order valence-electron chi connectivity index (χ2n) is 6.36. The fourth-order valence-electron chi connectivity index (χ4n) is 2.75. The van der Waals surface area contributed by atoms with Crippen LogP contribution in [-0.2, 0) is 16.0 Å². The number of carbonyl (C=O) groups excluding carboxylic acids is 2. The van der Waals surface area contributed by atoms with Crippen LogP contribution >= 0.6 is 35.6 Å². The molecule has 27 heavy (non-hydrogen) atoms. The Morgan fingerprint density at radius 1 is 1.19 bits per heavy atom. The Balaban J connectivity index is 0.00000364. The van der Waals surface area contributed by atoms with Crippen LogP contribution in [-0.4, -0.2) is 86.3 Å². The number of halogens is 2. The first-order chi connectivity index (χ1) is 12.4. The van der Waals surface area contributed by atoms with Crippen molar-refractivity contribution in [3.63, 3.8) is 0 Å². The Kier molecular flexibility index (Phi) is 9.86. The summed E-state index contributed by atoms with van der Waals surface area (Å²) in [6.45, 7) is 2.81. The van der Waals surface area contributed by atoms with E-state index in [1.807, 2.05) is 23.1 Å². The van der Waals surface area contributed by atoms with Gasteiger partial charge in [0.2, 0.25) is 11.8 Å². The minimum absolute atomic E-state index is 0. The molecule has 0 spiro atoms. The highest BCUT2D eigenvalue weighted by molar-refractivity contribution is 14.0. The van der Waals surface area contributed by atoms with E-state index >= 15 is 0 Å². The van der Waals surface area contributed by atoms with Crippen LogP contribution < -0.4 is 5.32 Å². The third kappa shape index (κ3) is 7.17. The summed E-state index contributed by atoms with van der Waals surface area (Å²) in [6, 6.07) is 7.39. The van der Waals surface area contributed by atoms with Crippen LogP contribution in [0, 0.1) is 0 Å². The van der Waals surface area contributed by atoms with Gasteiger partial charge in [0, 0.05) is 52.3 Å². The molecule has 0 atom stereocenters. The van der Waals surface area contributed by atoms with Gasteiger partial charge >= 0.3 is 0 Å². The third-order valence-electron chi connectivity index (χ3n) is 4.28. The number of hydrogen-bond donors (Lipinski definition) is 1. The second kappa shape index (κ2) is 11.3. The highest BCUT2D eigenvalue weighted by Crippen LogP contribution is 2.13. The van der Waals surface area contributed by atoms with Crippen LogP contribution in [0.5, 0.6) is 0 Å². The molecule has 2 rings (SSSR count). The van der Waals surface area contributed by atoms with E-state index in [1.165, 1.54) is 4.90 Å². The van der Waals surface area contributed by atoms with Gasteiger partial charge in [-0.2, -0.15) is 0 Å². The third-order valence-corrected chi connectivity index (χ3v) is 4.52. The molecule has 0 radical (unpaired) electrons. The summed E-state index contributed by atoms with van der Waals surface area (Å²) in [5.74, 6) is 0.765. The number of aliphatic imine (C=N–C) groups is 1. The molecule has 1 aromatic carbocycles. The van der Waals surface area contributed by atoms with Crippen LogP contribution in [0.15, 0.2) is 29.3 Å². The Hall–Kier alpha value is -1.55. The standard InChI is InChI=1S/C18H26ClN5O2.HI/c1-20-18(21-13-17(26)22(2)3)24-9-7-23(8-10-24)16(25)12-14-5-4-6-15(19)11-14;/h4-6,11H,7-10,12-13H2,1-3H3,(H,20,21);1H. The monoisotopic (exact) mass is 507 g/mol. The molecule has 150 valence electrons. The van der Waals surface area contributed by atoms with Crippen LogP contribution in [0.1, 0.15) is 5.56 Å². The Bertz CT molecular complexity index is 675. The van der Waals surface area contributed by atoms with E-state index < -0.39 is 0 Å². The van der Waals surface area contributed by atoms with Gasteiger partial charge in [0.05, 0.1) is 13.0 Å². The lowest BCUT2D eigenvalue weighted by Gasteiger charge is -2.36. The molecule has 0 unspecified atom stereocenters. The predicted octanol–water partition coefficient (Wildman–Crippen LogP) is 1.31. The van der Waals surface area contributed by atoms with Gasteiger partial charge in [0.1, 0.15) is 0 Å². The van der Waals surface area contributed by atoms with E-state index in [4.69, 9.17) is 11.6 Å². The lowest BCUT2D eigenvalue weighted by molar-refractivity contribution is -0.131. The first-order valence-corrected chi connectivity index (χ1v) is 8.96. The normalized spacial score (nSPS) is 14.4. The summed E-state index contributed by atoms with van der Waals surface area (Å²) < 4.78 is 0. The van der Waals surface area contributed by atoms with E-state index in [0.717, 1.165) is 5.56 Å². The van der Waals surface area contributed by atoms with Crippen LogP contribution in [0.3, 0.4) is 0 Å². The zero-order valence-corrected chi connectivity index (χ0v) is 19.0. The number of benzene rings is 1. The number of nitrogens with zero attached hydrogens (tertiary/aromatic N) is 4. The summed E-state index contributed by atoms with van der Waals surface area (Å²) in [5, 5.41) is 3.72. The molecule has 0 bridgehead atoms. The molecule has 7 nitrogen and oxygen atoms in total. The molecule has 1 saturated heterocycles. The van der Waals surface area contributed by atoms with E-state index in [9.17, 15) is 9.59 Å². The maximum Gasteiger partial charge on any atom is 0.241 e. The summed E-state index contributed by atoms with van der Waals surface area (Å²) in [6.07, 6.45) is 0.352. The lowest BCUT2D eigenvalue weighted by Crippen LogP contribution is -2.54. The van der Waals surface area contributed by atoms with Gasteiger partial charge < -0.3 is 20.0 Å². The van der Waals surface area contributed by atoms with Crippen LogP contribution in [0.2, 0.25) is 5.02 Å². The number of hydrogen-bond acceptors (Lipinski definition) is 3. The molecule has 1 aliphatic heterocycles. The molecular weight excluding hydrogens is 481 g/mol. The van der Waals surface area contributed by atoms with Gasteiger partial charge in [0.25, 0.3) is 0 Å². The van der Waals surface area contributed by atoms with Gasteiger partial charge in [-0.25, -0.2) is 0 Å². The van der Waals surface area contributed by atoms with Gasteiger partial charge in [-0.05, 0) is 17.7 Å². The average molecular weight is 508 g/mol. The number of likely N-dealkylation sites (N-methyl/N-ethyl adjacent to an activating group) is 1. The van der Waals surface area contributed by atoms with Crippen LogP contribution in [0.25, 0.3) is 0 Å². The van der Waals surface area contributed by atoms with E-state index in [0.29, 0.717) is 43.6 Å². The lowest BCUT2D eigenvalue weighted by atomic mass is 10.1. The molecule has 1 fully saturated rings. The zero-order valence-electron chi connectivity index (χ0n) is 15.9. The fraction of sp³-hybridized carbons (Fsp3) is 0.500. The summed E-state index contributed by atoms with van der Waals surface area (Å²) >= 11 is 5.98. The topological polar surface area (TPSA) is 68.2 Å². The predicted molar refractivity (Wildman–Crippen MR) is 119 cm³/mol. The number of guanidine groups is 1. The molecule has 9 heteroatoms. The molecule has 1 aliphatic rings. The van der Waals surface area contributed by atoms with Crippen molar-refractivity contribution < 1.29 is 9.59 Å². The van der Waals surface area contributed by atoms with Crippen molar-refractivity contribution in [2.45, 2.75) is 6.42 Å². The van der Waals surface area contributed by atoms with Crippen molar-refractivity contribution in [3.05, 3.63) is 34.9 Å². The van der Waals surface area contributed by atoms with E-state index in [1.54, 1.807) is 27.2 Å². The minimum Gasteiger partial charge on any atom is -0.347 e. The maximum atomic E-state index is 12.5. The summed E-state index contributed by atoms with van der Waals surface area (Å²) in [7, 11) is 5.13. The Morgan fingerprint density at radius 3 is 2.37 bits per heavy atom. The molecule has 0 aliphatic carbocycles. The van der Waals surface area contributed by atoms with Crippen molar-refractivity contribution in [2.24, 2.45) is 4.99 Å².